The van der Waals surface area contributed by atoms with Crippen LogP contribution >= 0.6 is 11.6 Å². The van der Waals surface area contributed by atoms with Gasteiger partial charge in [0.25, 0.3) is 0 Å². The van der Waals surface area contributed by atoms with Crippen molar-refractivity contribution in [2.75, 3.05) is 7.11 Å². The molecule has 2 heterocycles. The summed E-state index contributed by atoms with van der Waals surface area (Å²) in [5.74, 6) is 1.58. The maximum Gasteiger partial charge on any atom is 0.178 e. The minimum atomic E-state index is 0.590. The highest BCUT2D eigenvalue weighted by molar-refractivity contribution is 6.31. The van der Waals surface area contributed by atoms with Crippen LogP contribution in [0, 0.1) is 0 Å². The quantitative estimate of drug-likeness (QED) is 0.768. The molecular formula is C13H10ClN3O. The second kappa shape index (κ2) is 4.31. The lowest BCUT2D eigenvalue weighted by Crippen LogP contribution is -1.83. The highest BCUT2D eigenvalue weighted by atomic mass is 35.5. The van der Waals surface area contributed by atoms with Crippen LogP contribution in [-0.4, -0.2) is 22.1 Å². The van der Waals surface area contributed by atoms with Crippen LogP contribution in [0.1, 0.15) is 0 Å². The van der Waals surface area contributed by atoms with Gasteiger partial charge in [0, 0.05) is 11.8 Å². The summed E-state index contributed by atoms with van der Waals surface area (Å²) in [7, 11) is 1.64. The van der Waals surface area contributed by atoms with Crippen molar-refractivity contribution in [3.63, 3.8) is 0 Å². The van der Waals surface area contributed by atoms with Crippen molar-refractivity contribution >= 4 is 22.8 Å². The van der Waals surface area contributed by atoms with E-state index in [1.165, 1.54) is 0 Å². The molecule has 3 rings (SSSR count). The lowest BCUT2D eigenvalue weighted by atomic mass is 10.2. The Morgan fingerprint density at radius 3 is 2.72 bits per heavy atom. The van der Waals surface area contributed by atoms with Crippen molar-refractivity contribution in [2.45, 2.75) is 0 Å². The van der Waals surface area contributed by atoms with Crippen LogP contribution in [0.3, 0.4) is 0 Å². The summed E-state index contributed by atoms with van der Waals surface area (Å²) in [4.78, 5) is 11.8. The van der Waals surface area contributed by atoms with Gasteiger partial charge in [-0.05, 0) is 30.3 Å². The number of nitrogens with one attached hydrogen (secondary N) is 1. The molecule has 0 spiro atoms. The lowest BCUT2D eigenvalue weighted by Gasteiger charge is -2.00. The van der Waals surface area contributed by atoms with E-state index in [2.05, 4.69) is 15.0 Å². The van der Waals surface area contributed by atoms with Gasteiger partial charge in [-0.2, -0.15) is 0 Å². The second-order valence-electron chi connectivity index (χ2n) is 3.84. The van der Waals surface area contributed by atoms with E-state index in [1.807, 2.05) is 30.3 Å². The van der Waals surface area contributed by atoms with E-state index in [0.717, 1.165) is 22.7 Å². The van der Waals surface area contributed by atoms with Gasteiger partial charge in [-0.3, -0.25) is 0 Å². The third kappa shape index (κ3) is 1.91. The van der Waals surface area contributed by atoms with E-state index in [0.29, 0.717) is 10.7 Å². The number of ether oxygens (including phenoxy) is 1. The van der Waals surface area contributed by atoms with E-state index in [4.69, 9.17) is 16.3 Å². The van der Waals surface area contributed by atoms with E-state index < -0.39 is 0 Å². The standard InChI is InChI=1S/C13H10ClN3O/c1-18-10-4-2-8(3-5-10)12-16-11-6-9(14)7-15-13(11)17-12/h2-7H,1H3,(H,15,16,17). The molecule has 2 aromatic heterocycles. The van der Waals surface area contributed by atoms with Gasteiger partial charge in [0.05, 0.1) is 17.6 Å². The van der Waals surface area contributed by atoms with Crippen molar-refractivity contribution in [1.82, 2.24) is 15.0 Å². The first-order chi connectivity index (χ1) is 8.76. The number of fused-ring (bicyclic) bond motifs is 1. The summed E-state index contributed by atoms with van der Waals surface area (Å²) in [6, 6.07) is 9.48. The average molecular weight is 260 g/mol. The van der Waals surface area contributed by atoms with Gasteiger partial charge in [0.15, 0.2) is 5.65 Å². The molecular weight excluding hydrogens is 250 g/mol. The number of benzene rings is 1. The normalized spacial score (nSPS) is 10.8. The molecule has 5 heteroatoms. The number of hydrogen-bond acceptors (Lipinski definition) is 3. The van der Waals surface area contributed by atoms with Crippen LogP contribution in [0.25, 0.3) is 22.6 Å². The van der Waals surface area contributed by atoms with Gasteiger partial charge in [0.1, 0.15) is 11.6 Å². The minimum Gasteiger partial charge on any atom is -0.497 e. The smallest absolute Gasteiger partial charge is 0.178 e. The topological polar surface area (TPSA) is 50.8 Å². The maximum absolute atomic E-state index is 5.89. The number of pyridine rings is 1. The Morgan fingerprint density at radius 1 is 1.22 bits per heavy atom. The summed E-state index contributed by atoms with van der Waals surface area (Å²) < 4.78 is 5.12. The molecule has 90 valence electrons. The number of halogens is 1. The molecule has 0 radical (unpaired) electrons. The predicted molar refractivity (Wildman–Crippen MR) is 70.9 cm³/mol. The first-order valence-electron chi connectivity index (χ1n) is 5.42. The Bertz CT molecular complexity index is 691. The van der Waals surface area contributed by atoms with Crippen molar-refractivity contribution < 1.29 is 4.74 Å². The zero-order valence-corrected chi connectivity index (χ0v) is 10.4. The highest BCUT2D eigenvalue weighted by Crippen LogP contribution is 2.23. The van der Waals surface area contributed by atoms with Crippen LogP contribution in [-0.2, 0) is 0 Å². The third-order valence-electron chi connectivity index (χ3n) is 2.67. The molecule has 0 fully saturated rings. The van der Waals surface area contributed by atoms with Crippen LogP contribution in [0.15, 0.2) is 36.5 Å². The molecule has 0 aliphatic rings. The van der Waals surface area contributed by atoms with E-state index in [1.54, 1.807) is 13.3 Å². The summed E-state index contributed by atoms with van der Waals surface area (Å²) in [6.07, 6.45) is 1.59. The van der Waals surface area contributed by atoms with Crippen molar-refractivity contribution in [3.05, 3.63) is 41.6 Å². The summed E-state index contributed by atoms with van der Waals surface area (Å²) in [5, 5.41) is 0.590. The van der Waals surface area contributed by atoms with Crippen LogP contribution in [0.4, 0.5) is 0 Å². The first-order valence-corrected chi connectivity index (χ1v) is 5.80. The van der Waals surface area contributed by atoms with Crippen LogP contribution in [0.2, 0.25) is 5.02 Å². The molecule has 0 aliphatic carbocycles. The number of aromatic nitrogens is 3. The number of hydrogen-bond donors (Lipinski definition) is 1. The molecule has 1 aromatic carbocycles. The largest absolute Gasteiger partial charge is 0.497 e. The molecule has 4 nitrogen and oxygen atoms in total. The molecule has 0 aliphatic heterocycles. The Labute approximate surface area is 109 Å². The fraction of sp³-hybridized carbons (Fsp3) is 0.0769. The van der Waals surface area contributed by atoms with Gasteiger partial charge < -0.3 is 9.72 Å². The number of nitrogens with zero attached hydrogens (tertiary/aromatic N) is 2. The number of imidazole rings is 1. The first kappa shape index (κ1) is 11.0. The second-order valence-corrected chi connectivity index (χ2v) is 4.28. The number of aromatic amines is 1. The Balaban J connectivity index is 2.07. The minimum absolute atomic E-state index is 0.590. The zero-order chi connectivity index (χ0) is 12.5. The van der Waals surface area contributed by atoms with Gasteiger partial charge in [-0.1, -0.05) is 11.6 Å². The van der Waals surface area contributed by atoms with Crippen LogP contribution in [0.5, 0.6) is 5.75 Å². The molecule has 18 heavy (non-hydrogen) atoms. The van der Waals surface area contributed by atoms with E-state index in [9.17, 15) is 0 Å². The van der Waals surface area contributed by atoms with Crippen molar-refractivity contribution in [2.24, 2.45) is 0 Å². The van der Waals surface area contributed by atoms with Crippen molar-refractivity contribution in [3.8, 4) is 17.1 Å². The lowest BCUT2D eigenvalue weighted by molar-refractivity contribution is 0.415. The summed E-state index contributed by atoms with van der Waals surface area (Å²) in [6.45, 7) is 0. The van der Waals surface area contributed by atoms with Gasteiger partial charge in [0.2, 0.25) is 0 Å². The van der Waals surface area contributed by atoms with Gasteiger partial charge in [-0.25, -0.2) is 9.97 Å². The van der Waals surface area contributed by atoms with Crippen molar-refractivity contribution in [1.29, 1.82) is 0 Å². The Morgan fingerprint density at radius 2 is 2.00 bits per heavy atom. The van der Waals surface area contributed by atoms with Gasteiger partial charge >= 0.3 is 0 Å². The molecule has 0 saturated heterocycles. The SMILES string of the molecule is COc1ccc(-c2nc3ncc(Cl)cc3[nH]2)cc1. The van der Waals surface area contributed by atoms with Crippen LogP contribution < -0.4 is 4.74 Å². The fourth-order valence-corrected chi connectivity index (χ4v) is 1.92. The predicted octanol–water partition coefficient (Wildman–Crippen LogP) is 3.29. The highest BCUT2D eigenvalue weighted by Gasteiger charge is 2.06. The molecule has 0 atom stereocenters. The molecule has 0 bridgehead atoms. The summed E-state index contributed by atoms with van der Waals surface area (Å²) >= 11 is 5.89. The Kier molecular flexibility index (Phi) is 2.64. The average Bonchev–Trinajstić information content (AvgIpc) is 2.81. The molecule has 0 amide bonds. The monoisotopic (exact) mass is 259 g/mol. The maximum atomic E-state index is 5.89. The Hall–Kier alpha value is -2.07. The van der Waals surface area contributed by atoms with Gasteiger partial charge in [-0.15, -0.1) is 0 Å². The van der Waals surface area contributed by atoms with E-state index in [-0.39, 0.29) is 0 Å². The number of methoxy groups -OCH3 is 1. The molecule has 0 unspecified atom stereocenters. The van der Waals surface area contributed by atoms with E-state index >= 15 is 0 Å². The number of rotatable bonds is 2. The fourth-order valence-electron chi connectivity index (χ4n) is 1.76. The molecule has 0 saturated carbocycles. The third-order valence-corrected chi connectivity index (χ3v) is 2.87. The molecule has 3 aromatic rings. The summed E-state index contributed by atoms with van der Waals surface area (Å²) in [5.41, 5.74) is 2.46. The number of H-pyrrole nitrogens is 1. The zero-order valence-electron chi connectivity index (χ0n) is 9.64. The molecule has 1 N–H and O–H groups in total.